The molecule has 0 aliphatic rings. The molecule has 0 atom stereocenters. The number of carbonyl (C=O) groups is 2. The average Bonchev–Trinajstić information content (AvgIpc) is 2.69. The van der Waals surface area contributed by atoms with E-state index in [0.717, 1.165) is 6.42 Å². The molecule has 0 fully saturated rings. The van der Waals surface area contributed by atoms with Crippen molar-refractivity contribution in [1.82, 2.24) is 0 Å². The summed E-state index contributed by atoms with van der Waals surface area (Å²) in [5, 5.41) is 2.62. The van der Waals surface area contributed by atoms with E-state index in [2.05, 4.69) is 5.32 Å². The second kappa shape index (κ2) is 10.7. The van der Waals surface area contributed by atoms with Crippen LogP contribution in [0.4, 0.5) is 5.69 Å². The van der Waals surface area contributed by atoms with Gasteiger partial charge in [0.1, 0.15) is 5.75 Å². The van der Waals surface area contributed by atoms with Crippen molar-refractivity contribution in [2.24, 2.45) is 0 Å². The molecule has 27 heavy (non-hydrogen) atoms. The van der Waals surface area contributed by atoms with Crippen LogP contribution in [0, 0.1) is 0 Å². The summed E-state index contributed by atoms with van der Waals surface area (Å²) < 4.78 is 21.0. The molecule has 7 heteroatoms. The van der Waals surface area contributed by atoms with Crippen LogP contribution in [0.5, 0.6) is 17.2 Å². The monoisotopic (exact) mass is 373 g/mol. The summed E-state index contributed by atoms with van der Waals surface area (Å²) in [5.74, 6) is 0.512. The Bertz CT molecular complexity index is 762. The molecule has 0 spiro atoms. The maximum atomic E-state index is 11.9. The van der Waals surface area contributed by atoms with Crippen LogP contribution in [0.3, 0.4) is 0 Å². The van der Waals surface area contributed by atoms with Gasteiger partial charge in [0.05, 0.1) is 13.7 Å². The molecule has 1 N–H and O–H groups in total. The molecule has 1 amide bonds. The van der Waals surface area contributed by atoms with Gasteiger partial charge in [-0.15, -0.1) is 0 Å². The van der Waals surface area contributed by atoms with Crippen molar-refractivity contribution in [2.75, 3.05) is 32.2 Å². The van der Waals surface area contributed by atoms with E-state index < -0.39 is 18.5 Å². The zero-order valence-corrected chi connectivity index (χ0v) is 15.4. The summed E-state index contributed by atoms with van der Waals surface area (Å²) >= 11 is 0. The maximum absolute atomic E-state index is 11.9. The van der Waals surface area contributed by atoms with Gasteiger partial charge in [0.25, 0.3) is 5.91 Å². The SMILES string of the molecule is CCCOc1ccccc1OCC(=O)OCC(=O)Nc1cccc(OC)c1. The zero-order chi connectivity index (χ0) is 19.5. The van der Waals surface area contributed by atoms with Gasteiger partial charge in [-0.1, -0.05) is 25.1 Å². The number of anilines is 1. The van der Waals surface area contributed by atoms with Gasteiger partial charge >= 0.3 is 5.97 Å². The van der Waals surface area contributed by atoms with Crippen molar-refractivity contribution in [3.05, 3.63) is 48.5 Å². The molecule has 2 aromatic carbocycles. The second-order valence-electron chi connectivity index (χ2n) is 5.52. The lowest BCUT2D eigenvalue weighted by Crippen LogP contribution is -2.23. The smallest absolute Gasteiger partial charge is 0.344 e. The van der Waals surface area contributed by atoms with Crippen LogP contribution in [0.1, 0.15) is 13.3 Å². The van der Waals surface area contributed by atoms with Crippen LogP contribution in [0.2, 0.25) is 0 Å². The molecule has 0 aliphatic heterocycles. The van der Waals surface area contributed by atoms with E-state index in [9.17, 15) is 9.59 Å². The van der Waals surface area contributed by atoms with Crippen LogP contribution in [-0.2, 0) is 14.3 Å². The Morgan fingerprint density at radius 1 is 0.963 bits per heavy atom. The zero-order valence-electron chi connectivity index (χ0n) is 15.4. The highest BCUT2D eigenvalue weighted by atomic mass is 16.6. The molecule has 0 aromatic heterocycles. The summed E-state index contributed by atoms with van der Waals surface area (Å²) in [6, 6.07) is 13.9. The predicted octanol–water partition coefficient (Wildman–Crippen LogP) is 3.04. The molecule has 0 aliphatic carbocycles. The number of nitrogens with one attached hydrogen (secondary N) is 1. The van der Waals surface area contributed by atoms with E-state index >= 15 is 0 Å². The Morgan fingerprint density at radius 2 is 1.70 bits per heavy atom. The number of para-hydroxylation sites is 2. The largest absolute Gasteiger partial charge is 0.497 e. The van der Waals surface area contributed by atoms with E-state index in [4.69, 9.17) is 18.9 Å². The van der Waals surface area contributed by atoms with Gasteiger partial charge in [-0.2, -0.15) is 0 Å². The number of methoxy groups -OCH3 is 1. The van der Waals surface area contributed by atoms with Gasteiger partial charge in [-0.05, 0) is 30.7 Å². The highest BCUT2D eigenvalue weighted by molar-refractivity contribution is 5.93. The second-order valence-corrected chi connectivity index (χ2v) is 5.52. The molecule has 7 nitrogen and oxygen atoms in total. The van der Waals surface area contributed by atoms with Crippen LogP contribution in [0.25, 0.3) is 0 Å². The first-order valence-corrected chi connectivity index (χ1v) is 8.56. The van der Waals surface area contributed by atoms with Gasteiger partial charge in [0, 0.05) is 11.8 Å². The number of ether oxygens (including phenoxy) is 4. The lowest BCUT2D eigenvalue weighted by molar-refractivity contribution is -0.149. The summed E-state index contributed by atoms with van der Waals surface area (Å²) in [7, 11) is 1.54. The Labute approximate surface area is 158 Å². The van der Waals surface area contributed by atoms with E-state index in [1.807, 2.05) is 13.0 Å². The molecular weight excluding hydrogens is 350 g/mol. The minimum Gasteiger partial charge on any atom is -0.497 e. The maximum Gasteiger partial charge on any atom is 0.344 e. The molecule has 2 aromatic rings. The number of hydrogen-bond acceptors (Lipinski definition) is 6. The number of rotatable bonds is 10. The van der Waals surface area contributed by atoms with Gasteiger partial charge in [0.2, 0.25) is 0 Å². The molecule has 0 bridgehead atoms. The van der Waals surface area contributed by atoms with Gasteiger partial charge in [0.15, 0.2) is 24.7 Å². The Morgan fingerprint density at radius 3 is 2.41 bits per heavy atom. The highest BCUT2D eigenvalue weighted by Gasteiger charge is 2.11. The van der Waals surface area contributed by atoms with Crippen molar-refractivity contribution < 1.29 is 28.5 Å². The van der Waals surface area contributed by atoms with Gasteiger partial charge in [-0.25, -0.2) is 4.79 Å². The molecule has 0 saturated carbocycles. The standard InChI is InChI=1S/C20H23NO6/c1-3-11-25-17-9-4-5-10-18(17)26-14-20(23)27-13-19(22)21-15-7-6-8-16(12-15)24-2/h4-10,12H,3,11,13-14H2,1-2H3,(H,21,22). The number of carbonyl (C=O) groups excluding carboxylic acids is 2. The predicted molar refractivity (Wildman–Crippen MR) is 100 cm³/mol. The third-order valence-corrected chi connectivity index (χ3v) is 3.37. The third kappa shape index (κ3) is 6.89. The number of benzene rings is 2. The van der Waals surface area contributed by atoms with Crippen molar-refractivity contribution in [3.8, 4) is 17.2 Å². The summed E-state index contributed by atoms with van der Waals surface area (Å²) in [6.45, 7) is 1.82. The Kier molecular flexibility index (Phi) is 7.96. The molecule has 144 valence electrons. The Hall–Kier alpha value is -3.22. The van der Waals surface area contributed by atoms with E-state index in [-0.39, 0.29) is 6.61 Å². The quantitative estimate of drug-likeness (QED) is 0.645. The van der Waals surface area contributed by atoms with Crippen LogP contribution in [-0.4, -0.2) is 38.8 Å². The number of hydrogen-bond donors (Lipinski definition) is 1. The number of esters is 1. The van der Waals surface area contributed by atoms with Crippen LogP contribution < -0.4 is 19.5 Å². The molecule has 0 saturated heterocycles. The van der Waals surface area contributed by atoms with Crippen molar-refractivity contribution in [2.45, 2.75) is 13.3 Å². The minimum absolute atomic E-state index is 0.320. The fourth-order valence-corrected chi connectivity index (χ4v) is 2.12. The van der Waals surface area contributed by atoms with Crippen LogP contribution in [0.15, 0.2) is 48.5 Å². The number of amides is 1. The normalized spacial score (nSPS) is 10.0. The lowest BCUT2D eigenvalue weighted by Gasteiger charge is -2.12. The summed E-state index contributed by atoms with van der Waals surface area (Å²) in [5.41, 5.74) is 0.550. The fraction of sp³-hybridized carbons (Fsp3) is 0.300. The van der Waals surface area contributed by atoms with E-state index in [0.29, 0.717) is 29.5 Å². The van der Waals surface area contributed by atoms with Gasteiger partial charge < -0.3 is 24.3 Å². The first-order valence-electron chi connectivity index (χ1n) is 8.56. The molecule has 0 heterocycles. The molecule has 0 radical (unpaired) electrons. The molecule has 0 unspecified atom stereocenters. The topological polar surface area (TPSA) is 83.1 Å². The van der Waals surface area contributed by atoms with Crippen molar-refractivity contribution in [1.29, 1.82) is 0 Å². The first kappa shape index (κ1) is 20.1. The summed E-state index contributed by atoms with van der Waals surface area (Å²) in [4.78, 5) is 23.7. The van der Waals surface area contributed by atoms with Crippen molar-refractivity contribution in [3.63, 3.8) is 0 Å². The lowest BCUT2D eigenvalue weighted by atomic mass is 10.3. The van der Waals surface area contributed by atoms with Gasteiger partial charge in [-0.3, -0.25) is 4.79 Å². The first-order chi connectivity index (χ1) is 13.1. The average molecular weight is 373 g/mol. The molecular formula is C20H23NO6. The van der Waals surface area contributed by atoms with Crippen LogP contribution >= 0.6 is 0 Å². The van der Waals surface area contributed by atoms with E-state index in [1.165, 1.54) is 7.11 Å². The highest BCUT2D eigenvalue weighted by Crippen LogP contribution is 2.26. The Balaban J connectivity index is 1.76. The summed E-state index contributed by atoms with van der Waals surface area (Å²) in [6.07, 6.45) is 0.860. The molecule has 2 rings (SSSR count). The van der Waals surface area contributed by atoms with Crippen molar-refractivity contribution >= 4 is 17.6 Å². The van der Waals surface area contributed by atoms with E-state index in [1.54, 1.807) is 42.5 Å². The fourth-order valence-electron chi connectivity index (χ4n) is 2.12. The minimum atomic E-state index is -0.652. The third-order valence-electron chi connectivity index (χ3n) is 3.37.